The number of para-hydroxylation sites is 1. The zero-order chi connectivity index (χ0) is 11.1. The van der Waals surface area contributed by atoms with E-state index in [1.54, 1.807) is 0 Å². The number of hydrogen-bond donors (Lipinski definition) is 2. The zero-order valence-corrected chi connectivity index (χ0v) is 9.79. The van der Waals surface area contributed by atoms with Gasteiger partial charge >= 0.3 is 0 Å². The maximum absolute atomic E-state index is 5.85. The fraction of sp³-hybridized carbons (Fsp3) is 0.538. The van der Waals surface area contributed by atoms with Crippen LogP contribution in [0.5, 0.6) is 0 Å². The second kappa shape index (κ2) is 5.76. The molecule has 0 radical (unpaired) electrons. The average molecular weight is 206 g/mol. The molecule has 0 unspecified atom stereocenters. The summed E-state index contributed by atoms with van der Waals surface area (Å²) in [5.41, 5.74) is 7.28. The van der Waals surface area contributed by atoms with E-state index in [9.17, 15) is 0 Å². The van der Waals surface area contributed by atoms with Crippen LogP contribution in [0.2, 0.25) is 0 Å². The monoisotopic (exact) mass is 206 g/mol. The molecule has 84 valence electrons. The Kier molecular flexibility index (Phi) is 4.63. The molecular formula is C13H22N2. The number of anilines is 1. The van der Waals surface area contributed by atoms with Gasteiger partial charge < -0.3 is 11.1 Å². The maximum Gasteiger partial charge on any atom is 0.0340 e. The third-order valence-electron chi connectivity index (χ3n) is 3.37. The van der Waals surface area contributed by atoms with Crippen molar-refractivity contribution in [3.63, 3.8) is 0 Å². The number of benzene rings is 1. The molecule has 0 saturated carbocycles. The lowest BCUT2D eigenvalue weighted by Gasteiger charge is -2.30. The standard InChI is InChI=1S/C13H22N2/c1-3-13(4-2,10-14)11-15-12-8-6-5-7-9-12/h5-9,15H,3-4,10-11,14H2,1-2H3. The van der Waals surface area contributed by atoms with Crippen LogP contribution in [0, 0.1) is 5.41 Å². The van der Waals surface area contributed by atoms with Crippen molar-refractivity contribution in [2.24, 2.45) is 11.1 Å². The van der Waals surface area contributed by atoms with Gasteiger partial charge in [0.15, 0.2) is 0 Å². The van der Waals surface area contributed by atoms with Gasteiger partial charge in [-0.1, -0.05) is 32.0 Å². The highest BCUT2D eigenvalue weighted by Crippen LogP contribution is 2.25. The topological polar surface area (TPSA) is 38.0 Å². The average Bonchev–Trinajstić information content (AvgIpc) is 2.33. The highest BCUT2D eigenvalue weighted by atomic mass is 14.9. The molecule has 1 aromatic carbocycles. The second-order valence-electron chi connectivity index (χ2n) is 4.13. The maximum atomic E-state index is 5.85. The summed E-state index contributed by atoms with van der Waals surface area (Å²) < 4.78 is 0. The molecule has 15 heavy (non-hydrogen) atoms. The lowest BCUT2D eigenvalue weighted by molar-refractivity contribution is 0.294. The zero-order valence-electron chi connectivity index (χ0n) is 9.79. The molecule has 0 aliphatic heterocycles. The molecule has 0 aliphatic carbocycles. The minimum atomic E-state index is 0.246. The summed E-state index contributed by atoms with van der Waals surface area (Å²) in [5, 5.41) is 3.46. The summed E-state index contributed by atoms with van der Waals surface area (Å²) in [5.74, 6) is 0. The molecule has 0 saturated heterocycles. The van der Waals surface area contributed by atoms with E-state index in [-0.39, 0.29) is 5.41 Å². The minimum Gasteiger partial charge on any atom is -0.384 e. The van der Waals surface area contributed by atoms with E-state index < -0.39 is 0 Å². The summed E-state index contributed by atoms with van der Waals surface area (Å²) in [7, 11) is 0. The molecule has 0 aromatic heterocycles. The van der Waals surface area contributed by atoms with E-state index >= 15 is 0 Å². The number of hydrogen-bond acceptors (Lipinski definition) is 2. The van der Waals surface area contributed by atoms with Gasteiger partial charge in [-0.25, -0.2) is 0 Å². The van der Waals surface area contributed by atoms with Gasteiger partial charge in [-0.2, -0.15) is 0 Å². The Hall–Kier alpha value is -1.02. The fourth-order valence-electron chi connectivity index (χ4n) is 1.71. The molecule has 0 spiro atoms. The van der Waals surface area contributed by atoms with E-state index in [1.165, 1.54) is 5.69 Å². The fourth-order valence-corrected chi connectivity index (χ4v) is 1.71. The molecule has 2 heteroatoms. The van der Waals surface area contributed by atoms with Crippen LogP contribution in [0.4, 0.5) is 5.69 Å². The summed E-state index contributed by atoms with van der Waals surface area (Å²) >= 11 is 0. The van der Waals surface area contributed by atoms with Crippen LogP contribution in [0.15, 0.2) is 30.3 Å². The van der Waals surface area contributed by atoms with Crippen LogP contribution in [0.25, 0.3) is 0 Å². The molecule has 0 fully saturated rings. The van der Waals surface area contributed by atoms with Crippen molar-refractivity contribution in [2.75, 3.05) is 18.4 Å². The quantitative estimate of drug-likeness (QED) is 0.751. The van der Waals surface area contributed by atoms with Gasteiger partial charge in [0.05, 0.1) is 0 Å². The highest BCUT2D eigenvalue weighted by Gasteiger charge is 2.23. The van der Waals surface area contributed by atoms with E-state index in [0.29, 0.717) is 0 Å². The summed E-state index contributed by atoms with van der Waals surface area (Å²) in [4.78, 5) is 0. The predicted molar refractivity (Wildman–Crippen MR) is 67.0 cm³/mol. The molecule has 1 aromatic rings. The van der Waals surface area contributed by atoms with Crippen molar-refractivity contribution in [2.45, 2.75) is 26.7 Å². The van der Waals surface area contributed by atoms with E-state index in [1.807, 2.05) is 18.2 Å². The first-order valence-electron chi connectivity index (χ1n) is 5.75. The normalized spacial score (nSPS) is 11.4. The molecule has 2 nitrogen and oxygen atoms in total. The lowest BCUT2D eigenvalue weighted by atomic mass is 9.82. The van der Waals surface area contributed by atoms with Gasteiger partial charge in [-0.3, -0.25) is 0 Å². The smallest absolute Gasteiger partial charge is 0.0340 e. The minimum absolute atomic E-state index is 0.246. The van der Waals surface area contributed by atoms with Crippen LogP contribution >= 0.6 is 0 Å². The first-order valence-corrected chi connectivity index (χ1v) is 5.75. The van der Waals surface area contributed by atoms with Gasteiger partial charge in [-0.15, -0.1) is 0 Å². The Morgan fingerprint density at radius 2 is 1.73 bits per heavy atom. The molecule has 1 rings (SSSR count). The van der Waals surface area contributed by atoms with Crippen molar-refractivity contribution < 1.29 is 0 Å². The van der Waals surface area contributed by atoms with E-state index in [0.717, 1.165) is 25.9 Å². The second-order valence-corrected chi connectivity index (χ2v) is 4.13. The Morgan fingerprint density at radius 3 is 2.20 bits per heavy atom. The highest BCUT2D eigenvalue weighted by molar-refractivity contribution is 5.42. The summed E-state index contributed by atoms with van der Waals surface area (Å²) in [6.07, 6.45) is 2.25. The predicted octanol–water partition coefficient (Wildman–Crippen LogP) is 2.86. The number of rotatable bonds is 6. The largest absolute Gasteiger partial charge is 0.384 e. The number of nitrogens with one attached hydrogen (secondary N) is 1. The van der Waals surface area contributed by atoms with Gasteiger partial charge in [0.1, 0.15) is 0 Å². The van der Waals surface area contributed by atoms with Gasteiger partial charge in [0.25, 0.3) is 0 Å². The van der Waals surface area contributed by atoms with Gasteiger partial charge in [0, 0.05) is 12.2 Å². The lowest BCUT2D eigenvalue weighted by Crippen LogP contribution is -2.36. The van der Waals surface area contributed by atoms with Gasteiger partial charge in [-0.05, 0) is 36.9 Å². The first kappa shape index (κ1) is 12.1. The van der Waals surface area contributed by atoms with Crippen molar-refractivity contribution in [3.8, 4) is 0 Å². The molecular weight excluding hydrogens is 184 g/mol. The SMILES string of the molecule is CCC(CC)(CN)CNc1ccccc1. The molecule has 3 N–H and O–H groups in total. The third-order valence-corrected chi connectivity index (χ3v) is 3.37. The Morgan fingerprint density at radius 1 is 1.13 bits per heavy atom. The third kappa shape index (κ3) is 3.24. The van der Waals surface area contributed by atoms with Crippen LogP contribution in [0.1, 0.15) is 26.7 Å². The molecule has 0 amide bonds. The van der Waals surface area contributed by atoms with Crippen molar-refractivity contribution >= 4 is 5.69 Å². The number of nitrogens with two attached hydrogens (primary N) is 1. The Balaban J connectivity index is 2.54. The van der Waals surface area contributed by atoms with Crippen LogP contribution in [-0.2, 0) is 0 Å². The summed E-state index contributed by atoms with van der Waals surface area (Å²) in [6, 6.07) is 10.3. The molecule has 0 aliphatic rings. The summed E-state index contributed by atoms with van der Waals surface area (Å²) in [6.45, 7) is 6.13. The Labute approximate surface area is 92.9 Å². The molecule has 0 atom stereocenters. The van der Waals surface area contributed by atoms with Gasteiger partial charge in [0.2, 0.25) is 0 Å². The van der Waals surface area contributed by atoms with Crippen LogP contribution in [-0.4, -0.2) is 13.1 Å². The van der Waals surface area contributed by atoms with Crippen molar-refractivity contribution in [1.29, 1.82) is 0 Å². The van der Waals surface area contributed by atoms with Crippen LogP contribution < -0.4 is 11.1 Å². The molecule has 0 heterocycles. The van der Waals surface area contributed by atoms with E-state index in [2.05, 4.69) is 31.3 Å². The molecule has 0 bridgehead atoms. The van der Waals surface area contributed by atoms with Crippen molar-refractivity contribution in [1.82, 2.24) is 0 Å². The van der Waals surface area contributed by atoms with Crippen LogP contribution in [0.3, 0.4) is 0 Å². The first-order chi connectivity index (χ1) is 7.26. The Bertz CT molecular complexity index is 257. The van der Waals surface area contributed by atoms with E-state index in [4.69, 9.17) is 5.73 Å². The van der Waals surface area contributed by atoms with Crippen molar-refractivity contribution in [3.05, 3.63) is 30.3 Å².